The molecule has 5 heteroatoms. The van der Waals surface area contributed by atoms with Gasteiger partial charge in [-0.3, -0.25) is 4.90 Å². The van der Waals surface area contributed by atoms with Crippen LogP contribution in [0.4, 0.5) is 0 Å². The van der Waals surface area contributed by atoms with Crippen molar-refractivity contribution in [2.75, 3.05) is 45.9 Å². The highest BCUT2D eigenvalue weighted by molar-refractivity contribution is 5.87. The molecule has 0 unspecified atom stereocenters. The summed E-state index contributed by atoms with van der Waals surface area (Å²) in [5, 5.41) is 4.44. The van der Waals surface area contributed by atoms with Crippen molar-refractivity contribution in [3.05, 3.63) is 54.6 Å². The van der Waals surface area contributed by atoms with E-state index >= 15 is 0 Å². The monoisotopic (exact) mass is 391 g/mol. The lowest BCUT2D eigenvalue weighted by Gasteiger charge is -2.27. The van der Waals surface area contributed by atoms with Gasteiger partial charge in [-0.05, 0) is 42.8 Å². The van der Waals surface area contributed by atoms with Gasteiger partial charge >= 0.3 is 0 Å². The van der Waals surface area contributed by atoms with Crippen LogP contribution in [0, 0.1) is 0 Å². The second-order valence-electron chi connectivity index (χ2n) is 7.34. The van der Waals surface area contributed by atoms with Crippen molar-refractivity contribution < 1.29 is 9.47 Å². The minimum absolute atomic E-state index is 0.678. The van der Waals surface area contributed by atoms with Crippen LogP contribution in [0.2, 0.25) is 0 Å². The Hall–Kier alpha value is -2.63. The van der Waals surface area contributed by atoms with Crippen molar-refractivity contribution in [2.24, 2.45) is 0 Å². The maximum Gasteiger partial charge on any atom is 0.130 e. The Balaban J connectivity index is 1.53. The summed E-state index contributed by atoms with van der Waals surface area (Å²) in [7, 11) is 0. The van der Waals surface area contributed by atoms with E-state index < -0.39 is 0 Å². The van der Waals surface area contributed by atoms with Gasteiger partial charge in [0.1, 0.15) is 18.1 Å². The van der Waals surface area contributed by atoms with Crippen LogP contribution in [0.25, 0.3) is 22.2 Å². The van der Waals surface area contributed by atoms with Crippen LogP contribution < -0.4 is 14.8 Å². The van der Waals surface area contributed by atoms with Crippen molar-refractivity contribution in [3.8, 4) is 22.8 Å². The maximum absolute atomic E-state index is 6.23. The first kappa shape index (κ1) is 19.7. The van der Waals surface area contributed by atoms with Gasteiger partial charge in [0.2, 0.25) is 0 Å². The highest BCUT2D eigenvalue weighted by Crippen LogP contribution is 2.30. The Morgan fingerprint density at radius 1 is 0.966 bits per heavy atom. The van der Waals surface area contributed by atoms with Gasteiger partial charge in [0, 0.05) is 49.7 Å². The third kappa shape index (κ3) is 5.05. The van der Waals surface area contributed by atoms with Crippen LogP contribution in [0.3, 0.4) is 0 Å². The zero-order chi connectivity index (χ0) is 19.9. The van der Waals surface area contributed by atoms with E-state index in [9.17, 15) is 0 Å². The smallest absolute Gasteiger partial charge is 0.130 e. The molecule has 0 radical (unpaired) electrons. The molecule has 1 aromatic heterocycles. The first-order chi connectivity index (χ1) is 14.3. The average molecular weight is 392 g/mol. The molecule has 0 spiro atoms. The number of nitrogens with zero attached hydrogens (tertiary/aromatic N) is 2. The van der Waals surface area contributed by atoms with E-state index in [1.54, 1.807) is 0 Å². The number of piperazine rings is 1. The zero-order valence-electron chi connectivity index (χ0n) is 17.1. The predicted octanol–water partition coefficient (Wildman–Crippen LogP) is 3.97. The van der Waals surface area contributed by atoms with Crippen molar-refractivity contribution >= 4 is 10.9 Å². The molecule has 0 bridgehead atoms. The minimum atomic E-state index is 0.678. The highest BCUT2D eigenvalue weighted by Gasteiger charge is 2.12. The molecule has 1 N–H and O–H groups in total. The summed E-state index contributed by atoms with van der Waals surface area (Å²) in [5.41, 5.74) is 2.93. The molecule has 0 atom stereocenters. The van der Waals surface area contributed by atoms with Gasteiger partial charge in [-0.25, -0.2) is 4.98 Å². The molecule has 0 amide bonds. The van der Waals surface area contributed by atoms with E-state index in [2.05, 4.69) is 41.4 Å². The molecule has 1 aliphatic rings. The summed E-state index contributed by atoms with van der Waals surface area (Å²) < 4.78 is 11.9. The zero-order valence-corrected chi connectivity index (χ0v) is 17.1. The Morgan fingerprint density at radius 2 is 1.76 bits per heavy atom. The van der Waals surface area contributed by atoms with E-state index in [0.717, 1.165) is 79.4 Å². The minimum Gasteiger partial charge on any atom is -0.494 e. The average Bonchev–Trinajstić information content (AvgIpc) is 2.78. The van der Waals surface area contributed by atoms with Crippen molar-refractivity contribution in [3.63, 3.8) is 0 Å². The van der Waals surface area contributed by atoms with Gasteiger partial charge in [-0.2, -0.15) is 0 Å². The molecule has 0 saturated carbocycles. The summed E-state index contributed by atoms with van der Waals surface area (Å²) in [5.74, 6) is 1.79. The van der Waals surface area contributed by atoms with E-state index in [1.165, 1.54) is 0 Å². The molecule has 3 aromatic rings. The number of aromatic nitrogens is 1. The summed E-state index contributed by atoms with van der Waals surface area (Å²) in [6.07, 6.45) is 1.00. The first-order valence-electron chi connectivity index (χ1n) is 10.5. The molecule has 5 nitrogen and oxygen atoms in total. The number of para-hydroxylation sites is 1. The predicted molar refractivity (Wildman–Crippen MR) is 118 cm³/mol. The summed E-state index contributed by atoms with van der Waals surface area (Å²) in [6, 6.07) is 18.4. The Kier molecular flexibility index (Phi) is 6.60. The number of benzene rings is 2. The summed E-state index contributed by atoms with van der Waals surface area (Å²) in [4.78, 5) is 7.30. The van der Waals surface area contributed by atoms with Crippen LogP contribution in [0.1, 0.15) is 13.3 Å². The number of rotatable bonds is 8. The Bertz CT molecular complexity index is 921. The SMILES string of the molecule is CCCOc1ccc(-c2cc(OCCN3CCNCC3)c3ccccc3n2)cc1. The normalized spacial score (nSPS) is 14.8. The lowest BCUT2D eigenvalue weighted by Crippen LogP contribution is -2.44. The van der Waals surface area contributed by atoms with E-state index in [1.807, 2.05) is 30.3 Å². The fourth-order valence-corrected chi connectivity index (χ4v) is 3.57. The molecule has 29 heavy (non-hydrogen) atoms. The molecule has 4 rings (SSSR count). The van der Waals surface area contributed by atoms with Crippen molar-refractivity contribution in [2.45, 2.75) is 13.3 Å². The number of hydrogen-bond donors (Lipinski definition) is 1. The lowest BCUT2D eigenvalue weighted by atomic mass is 10.1. The van der Waals surface area contributed by atoms with Gasteiger partial charge in [-0.1, -0.05) is 19.1 Å². The molecule has 152 valence electrons. The fraction of sp³-hybridized carbons (Fsp3) is 0.375. The van der Waals surface area contributed by atoms with E-state index in [-0.39, 0.29) is 0 Å². The Morgan fingerprint density at radius 3 is 2.55 bits per heavy atom. The second kappa shape index (κ2) is 9.72. The van der Waals surface area contributed by atoms with Gasteiger partial charge in [0.15, 0.2) is 0 Å². The lowest BCUT2D eigenvalue weighted by molar-refractivity contribution is 0.192. The third-order valence-electron chi connectivity index (χ3n) is 5.18. The number of hydrogen-bond acceptors (Lipinski definition) is 5. The van der Waals surface area contributed by atoms with Crippen LogP contribution in [0.15, 0.2) is 54.6 Å². The van der Waals surface area contributed by atoms with Crippen molar-refractivity contribution in [1.29, 1.82) is 0 Å². The largest absolute Gasteiger partial charge is 0.494 e. The Labute approximate surface area is 172 Å². The molecular formula is C24H29N3O2. The van der Waals surface area contributed by atoms with Crippen molar-refractivity contribution in [1.82, 2.24) is 15.2 Å². The summed E-state index contributed by atoms with van der Waals surface area (Å²) in [6.45, 7) is 8.74. The first-order valence-corrected chi connectivity index (χ1v) is 10.5. The van der Waals surface area contributed by atoms with Crippen LogP contribution in [-0.2, 0) is 0 Å². The van der Waals surface area contributed by atoms with Gasteiger partial charge in [0.25, 0.3) is 0 Å². The third-order valence-corrected chi connectivity index (χ3v) is 5.18. The molecule has 1 aliphatic heterocycles. The van der Waals surface area contributed by atoms with Crippen LogP contribution in [-0.4, -0.2) is 55.8 Å². The van der Waals surface area contributed by atoms with Crippen LogP contribution >= 0.6 is 0 Å². The molecule has 0 aliphatic carbocycles. The quantitative estimate of drug-likeness (QED) is 0.629. The molecule has 1 fully saturated rings. The van der Waals surface area contributed by atoms with Gasteiger partial charge in [0.05, 0.1) is 17.8 Å². The number of pyridine rings is 1. The molecule has 1 saturated heterocycles. The second-order valence-corrected chi connectivity index (χ2v) is 7.34. The van der Waals surface area contributed by atoms with Gasteiger partial charge < -0.3 is 14.8 Å². The molecule has 2 aromatic carbocycles. The molecule has 2 heterocycles. The van der Waals surface area contributed by atoms with Gasteiger partial charge in [-0.15, -0.1) is 0 Å². The standard InChI is InChI=1S/C24H29N3O2/c1-2-16-28-20-9-7-19(8-10-20)23-18-24(21-5-3-4-6-22(21)26-23)29-17-15-27-13-11-25-12-14-27/h3-10,18,25H,2,11-17H2,1H3. The maximum atomic E-state index is 6.23. The van der Waals surface area contributed by atoms with E-state index in [4.69, 9.17) is 14.5 Å². The summed E-state index contributed by atoms with van der Waals surface area (Å²) >= 11 is 0. The molecular weight excluding hydrogens is 362 g/mol. The number of nitrogens with one attached hydrogen (secondary N) is 1. The highest BCUT2D eigenvalue weighted by atomic mass is 16.5. The topological polar surface area (TPSA) is 46.6 Å². The fourth-order valence-electron chi connectivity index (χ4n) is 3.57. The van der Waals surface area contributed by atoms with Crippen LogP contribution in [0.5, 0.6) is 11.5 Å². The number of fused-ring (bicyclic) bond motifs is 1. The van der Waals surface area contributed by atoms with E-state index in [0.29, 0.717) is 6.61 Å². The number of ether oxygens (including phenoxy) is 2.